The van der Waals surface area contributed by atoms with Crippen LogP contribution in [0.2, 0.25) is 0 Å². The van der Waals surface area contributed by atoms with Crippen molar-refractivity contribution < 1.29 is 9.21 Å². The summed E-state index contributed by atoms with van der Waals surface area (Å²) in [5.74, 6) is 0.650. The Morgan fingerprint density at radius 2 is 2.14 bits per heavy atom. The maximum atomic E-state index is 11.7. The normalized spacial score (nSPS) is 10.1. The Morgan fingerprint density at radius 3 is 2.91 bits per heavy atom. The second-order valence-corrected chi connectivity index (χ2v) is 5.32. The van der Waals surface area contributed by atoms with Crippen LogP contribution in [0.25, 0.3) is 10.9 Å². The third kappa shape index (κ3) is 4.14. The lowest BCUT2D eigenvalue weighted by atomic mass is 10.3. The average molecular weight is 317 g/mol. The molecule has 0 radical (unpaired) electrons. The number of H-pyrrole nitrogens is 1. The van der Waals surface area contributed by atoms with Crippen molar-refractivity contribution in [3.63, 3.8) is 0 Å². The minimum absolute atomic E-state index is 0.0289. The summed E-state index contributed by atoms with van der Waals surface area (Å²) in [6, 6.07) is 9.66. The number of benzene rings is 1. The number of amides is 1. The summed E-state index contributed by atoms with van der Waals surface area (Å²) in [5.41, 5.74) is 1.70. The highest BCUT2D eigenvalue weighted by Gasteiger charge is 2.07. The first-order valence-electron chi connectivity index (χ1n) is 7.21. The van der Waals surface area contributed by atoms with Gasteiger partial charge in [-0.15, -0.1) is 11.8 Å². The van der Waals surface area contributed by atoms with E-state index in [0.717, 1.165) is 15.9 Å². The van der Waals surface area contributed by atoms with Crippen LogP contribution in [0.5, 0.6) is 0 Å². The zero-order valence-corrected chi connectivity index (χ0v) is 13.4. The molecule has 3 rings (SSSR count). The van der Waals surface area contributed by atoms with Crippen LogP contribution in [0, 0.1) is 0 Å². The zero-order chi connectivity index (χ0) is 15.8. The second kappa shape index (κ2) is 8.29. The van der Waals surface area contributed by atoms with E-state index in [1.807, 2.05) is 38.1 Å². The second-order valence-electron chi connectivity index (χ2n) is 4.23. The van der Waals surface area contributed by atoms with Gasteiger partial charge in [-0.2, -0.15) is 5.10 Å². The number of thioether (sulfide) groups is 1. The smallest absolute Gasteiger partial charge is 0.225 e. The van der Waals surface area contributed by atoms with Crippen LogP contribution in [-0.2, 0) is 4.79 Å². The Hall–Kier alpha value is -2.21. The van der Waals surface area contributed by atoms with Gasteiger partial charge in [0.05, 0.1) is 17.5 Å². The topological polar surface area (TPSA) is 70.9 Å². The van der Waals surface area contributed by atoms with E-state index >= 15 is 0 Å². The number of carbonyl (C=O) groups is 1. The molecule has 22 heavy (non-hydrogen) atoms. The molecule has 1 amide bonds. The molecule has 0 aliphatic rings. The van der Waals surface area contributed by atoms with E-state index in [0.29, 0.717) is 17.9 Å². The van der Waals surface area contributed by atoms with E-state index in [1.54, 1.807) is 17.8 Å². The molecule has 0 aliphatic heterocycles. The molecule has 2 aromatic heterocycles. The molecule has 0 bridgehead atoms. The van der Waals surface area contributed by atoms with Gasteiger partial charge in [0.25, 0.3) is 0 Å². The van der Waals surface area contributed by atoms with Gasteiger partial charge in [0.2, 0.25) is 5.91 Å². The van der Waals surface area contributed by atoms with Crippen molar-refractivity contribution in [2.75, 3.05) is 11.1 Å². The van der Waals surface area contributed by atoms with Crippen molar-refractivity contribution in [1.82, 2.24) is 10.2 Å². The summed E-state index contributed by atoms with van der Waals surface area (Å²) in [4.78, 5) is 11.7. The number of carbonyl (C=O) groups excluding carboxylic acids is 1. The number of aromatic nitrogens is 2. The van der Waals surface area contributed by atoms with Crippen molar-refractivity contribution >= 4 is 34.3 Å². The molecule has 2 N–H and O–H groups in total. The molecule has 6 heteroatoms. The number of nitrogens with zero attached hydrogens (tertiary/aromatic N) is 1. The van der Waals surface area contributed by atoms with Crippen LogP contribution in [0.4, 0.5) is 5.69 Å². The molecule has 1 aromatic carbocycles. The summed E-state index contributed by atoms with van der Waals surface area (Å²) in [5, 5.41) is 12.0. The summed E-state index contributed by atoms with van der Waals surface area (Å²) in [6.45, 7) is 4.00. The Morgan fingerprint density at radius 1 is 1.32 bits per heavy atom. The summed E-state index contributed by atoms with van der Waals surface area (Å²) >= 11 is 1.57. The Balaban J connectivity index is 0.000000847. The lowest BCUT2D eigenvalue weighted by molar-refractivity contribution is -0.115. The fraction of sp³-hybridized carbons (Fsp3) is 0.250. The fourth-order valence-corrected chi connectivity index (χ4v) is 2.77. The molecule has 0 fully saturated rings. The molecular formula is C16H19N3O2S. The van der Waals surface area contributed by atoms with Crippen molar-refractivity contribution in [2.45, 2.75) is 25.3 Å². The van der Waals surface area contributed by atoms with Crippen LogP contribution < -0.4 is 5.32 Å². The Bertz CT molecular complexity index is 707. The molecule has 0 aliphatic carbocycles. The van der Waals surface area contributed by atoms with E-state index in [9.17, 15) is 4.79 Å². The molecule has 2 heterocycles. The number of aromatic amines is 1. The van der Waals surface area contributed by atoms with Crippen molar-refractivity contribution in [2.24, 2.45) is 0 Å². The van der Waals surface area contributed by atoms with Crippen LogP contribution in [0.3, 0.4) is 0 Å². The number of nitrogens with one attached hydrogen (secondary N) is 2. The number of para-hydroxylation sites is 1. The SMILES string of the molecule is CC.O=C(CCSc1n[nH]c2ccccc12)Nc1ccoc1. The van der Waals surface area contributed by atoms with Gasteiger partial charge in [-0.3, -0.25) is 9.89 Å². The van der Waals surface area contributed by atoms with E-state index in [2.05, 4.69) is 15.5 Å². The van der Waals surface area contributed by atoms with Gasteiger partial charge in [0.15, 0.2) is 0 Å². The summed E-state index contributed by atoms with van der Waals surface area (Å²) in [7, 11) is 0. The van der Waals surface area contributed by atoms with Crippen LogP contribution in [0.1, 0.15) is 20.3 Å². The van der Waals surface area contributed by atoms with Crippen LogP contribution in [0.15, 0.2) is 52.3 Å². The number of furan rings is 1. The number of hydrogen-bond acceptors (Lipinski definition) is 4. The zero-order valence-electron chi connectivity index (χ0n) is 12.6. The first-order valence-corrected chi connectivity index (χ1v) is 8.19. The summed E-state index contributed by atoms with van der Waals surface area (Å²) < 4.78 is 4.89. The van der Waals surface area contributed by atoms with E-state index in [1.165, 1.54) is 12.5 Å². The lowest BCUT2D eigenvalue weighted by Crippen LogP contribution is -2.11. The molecule has 0 atom stereocenters. The predicted octanol–water partition coefficient (Wildman–Crippen LogP) is 4.30. The van der Waals surface area contributed by atoms with Gasteiger partial charge in [-0.25, -0.2) is 0 Å². The molecule has 3 aromatic rings. The van der Waals surface area contributed by atoms with Gasteiger partial charge in [-0.1, -0.05) is 32.0 Å². The average Bonchev–Trinajstić information content (AvgIpc) is 3.19. The number of anilines is 1. The Kier molecular flexibility index (Phi) is 6.09. The van der Waals surface area contributed by atoms with Gasteiger partial charge in [0, 0.05) is 17.6 Å². The van der Waals surface area contributed by atoms with Gasteiger partial charge >= 0.3 is 0 Å². The van der Waals surface area contributed by atoms with E-state index in [-0.39, 0.29) is 5.91 Å². The summed E-state index contributed by atoms with van der Waals surface area (Å²) in [6.07, 6.45) is 3.46. The molecule has 0 saturated carbocycles. The fourth-order valence-electron chi connectivity index (χ4n) is 1.85. The maximum absolute atomic E-state index is 11.7. The van der Waals surface area contributed by atoms with Crippen molar-refractivity contribution in [1.29, 1.82) is 0 Å². The molecule has 0 spiro atoms. The minimum Gasteiger partial charge on any atom is -0.470 e. The third-order valence-electron chi connectivity index (χ3n) is 2.81. The highest BCUT2D eigenvalue weighted by atomic mass is 32.2. The van der Waals surface area contributed by atoms with E-state index < -0.39 is 0 Å². The van der Waals surface area contributed by atoms with Gasteiger partial charge in [0.1, 0.15) is 11.3 Å². The third-order valence-corrected chi connectivity index (χ3v) is 3.80. The first kappa shape index (κ1) is 16.2. The minimum atomic E-state index is -0.0289. The number of hydrogen-bond donors (Lipinski definition) is 2. The highest BCUT2D eigenvalue weighted by Crippen LogP contribution is 2.25. The number of fused-ring (bicyclic) bond motifs is 1. The number of rotatable bonds is 5. The standard InChI is InChI=1S/C14H13N3O2S.C2H6/c18-13(15-10-5-7-19-9-10)6-8-20-14-11-3-1-2-4-12(11)16-17-14;1-2/h1-5,7,9H,6,8H2,(H,15,18)(H,16,17);1-2H3. The van der Waals surface area contributed by atoms with Crippen molar-refractivity contribution in [3.05, 3.63) is 42.9 Å². The van der Waals surface area contributed by atoms with Crippen LogP contribution >= 0.6 is 11.8 Å². The molecule has 116 valence electrons. The molecular weight excluding hydrogens is 298 g/mol. The quantitative estimate of drug-likeness (QED) is 0.688. The largest absolute Gasteiger partial charge is 0.470 e. The lowest BCUT2D eigenvalue weighted by Gasteiger charge is -2.01. The maximum Gasteiger partial charge on any atom is 0.225 e. The van der Waals surface area contributed by atoms with Crippen molar-refractivity contribution in [3.8, 4) is 0 Å². The van der Waals surface area contributed by atoms with E-state index in [4.69, 9.17) is 4.42 Å². The predicted molar refractivity (Wildman–Crippen MR) is 90.1 cm³/mol. The monoisotopic (exact) mass is 317 g/mol. The highest BCUT2D eigenvalue weighted by molar-refractivity contribution is 7.99. The molecule has 0 saturated heterocycles. The van der Waals surface area contributed by atoms with Gasteiger partial charge in [-0.05, 0) is 12.1 Å². The van der Waals surface area contributed by atoms with Gasteiger partial charge < -0.3 is 9.73 Å². The van der Waals surface area contributed by atoms with Crippen LogP contribution in [-0.4, -0.2) is 21.9 Å². The Labute approximate surface area is 133 Å². The molecule has 0 unspecified atom stereocenters. The molecule has 5 nitrogen and oxygen atoms in total. The first-order chi connectivity index (χ1) is 10.8.